The third-order valence-corrected chi connectivity index (χ3v) is 8.24. The maximum absolute atomic E-state index is 10.0. The van der Waals surface area contributed by atoms with E-state index < -0.39 is 0 Å². The van der Waals surface area contributed by atoms with E-state index in [1.54, 1.807) is 15.0 Å². The molecule has 2 aliphatic heterocycles. The van der Waals surface area contributed by atoms with Gasteiger partial charge in [-0.25, -0.2) is 0 Å². The Kier molecular flexibility index (Phi) is 9.61. The number of fused-ring (bicyclic) bond motifs is 1. The molecule has 0 aromatic heterocycles. The van der Waals surface area contributed by atoms with Gasteiger partial charge in [-0.05, 0) is 94.6 Å². The molecule has 1 N–H and O–H groups in total. The molecule has 2 heterocycles. The zero-order valence-corrected chi connectivity index (χ0v) is 22.3. The lowest BCUT2D eigenvalue weighted by Crippen LogP contribution is -2.33. The lowest BCUT2D eigenvalue weighted by molar-refractivity contribution is 0.00368. The zero-order chi connectivity index (χ0) is 23.0. The van der Waals surface area contributed by atoms with Gasteiger partial charge in [-0.3, -0.25) is 4.90 Å². The third kappa shape index (κ3) is 6.78. The van der Waals surface area contributed by atoms with Crippen molar-refractivity contribution in [1.29, 1.82) is 0 Å². The molecular weight excluding hydrogens is 549 g/mol. The molecular formula is C26H34INO4S. The molecule has 1 aromatic carbocycles. The number of ether oxygens (including phenoxy) is 3. The predicted molar refractivity (Wildman–Crippen MR) is 143 cm³/mol. The Morgan fingerprint density at radius 2 is 1.91 bits per heavy atom. The zero-order valence-electron chi connectivity index (χ0n) is 19.3. The first kappa shape index (κ1) is 25.1. The van der Waals surface area contributed by atoms with Gasteiger partial charge >= 0.3 is 0 Å². The molecule has 33 heavy (non-hydrogen) atoms. The van der Waals surface area contributed by atoms with Crippen LogP contribution in [0.3, 0.4) is 0 Å². The van der Waals surface area contributed by atoms with Crippen molar-refractivity contribution in [3.05, 3.63) is 64.5 Å². The van der Waals surface area contributed by atoms with Crippen molar-refractivity contribution in [2.24, 2.45) is 0 Å². The van der Waals surface area contributed by atoms with Gasteiger partial charge in [0.2, 0.25) is 0 Å². The minimum atomic E-state index is -0.187. The monoisotopic (exact) mass is 583 g/mol. The van der Waals surface area contributed by atoms with E-state index in [4.69, 9.17) is 14.2 Å². The van der Waals surface area contributed by atoms with E-state index in [0.29, 0.717) is 32.0 Å². The number of hydrogen-bond acceptors (Lipinski definition) is 6. The van der Waals surface area contributed by atoms with Gasteiger partial charge < -0.3 is 19.3 Å². The van der Waals surface area contributed by atoms with Crippen LogP contribution in [0.1, 0.15) is 44.3 Å². The Hall–Kier alpha value is -1.00. The van der Waals surface area contributed by atoms with Crippen molar-refractivity contribution >= 4 is 30.1 Å². The highest BCUT2D eigenvalue weighted by Crippen LogP contribution is 2.42. The largest absolute Gasteiger partial charge is 0.512 e. The molecule has 0 amide bonds. The summed E-state index contributed by atoms with van der Waals surface area (Å²) in [4.78, 5) is 2.49. The van der Waals surface area contributed by atoms with E-state index in [0.717, 1.165) is 34.8 Å². The van der Waals surface area contributed by atoms with Crippen LogP contribution in [-0.4, -0.2) is 61.3 Å². The molecule has 1 aromatic rings. The molecule has 180 valence electrons. The number of likely N-dealkylation sites (tertiary alicyclic amines) is 1. The second kappa shape index (κ2) is 12.6. The quantitative estimate of drug-likeness (QED) is 0.262. The van der Waals surface area contributed by atoms with Crippen LogP contribution in [0.5, 0.6) is 5.75 Å². The van der Waals surface area contributed by atoms with Crippen LogP contribution in [0.2, 0.25) is 0 Å². The number of halogens is 1. The van der Waals surface area contributed by atoms with Crippen molar-refractivity contribution in [1.82, 2.24) is 4.90 Å². The third-order valence-electron chi connectivity index (χ3n) is 6.60. The first-order valence-corrected chi connectivity index (χ1v) is 15.4. The van der Waals surface area contributed by atoms with E-state index >= 15 is 0 Å². The van der Waals surface area contributed by atoms with Gasteiger partial charge in [-0.15, -0.1) is 0 Å². The Labute approximate surface area is 213 Å². The second-order valence-electron chi connectivity index (χ2n) is 8.82. The van der Waals surface area contributed by atoms with Crippen molar-refractivity contribution in [3.8, 4) is 5.75 Å². The molecule has 1 aliphatic carbocycles. The van der Waals surface area contributed by atoms with Gasteiger partial charge in [0.25, 0.3) is 0 Å². The smallest absolute Gasteiger partial charge is 0.119 e. The average molecular weight is 584 g/mol. The predicted octanol–water partition coefficient (Wildman–Crippen LogP) is 6.18. The van der Waals surface area contributed by atoms with Gasteiger partial charge in [-0.1, -0.05) is 33.6 Å². The highest BCUT2D eigenvalue weighted by Gasteiger charge is 2.34. The summed E-state index contributed by atoms with van der Waals surface area (Å²) in [6, 6.07) is 8.28. The highest BCUT2D eigenvalue weighted by molar-refractivity contribution is 14.2. The summed E-state index contributed by atoms with van der Waals surface area (Å²) in [5.74, 6) is 2.22. The number of hydrogen-bond donors (Lipinski definition) is 1. The van der Waals surface area contributed by atoms with E-state index in [1.165, 1.54) is 37.9 Å². The minimum Gasteiger partial charge on any atom is -0.512 e. The second-order valence-corrected chi connectivity index (χ2v) is 11.3. The molecule has 0 radical (unpaired) electrons. The molecule has 1 saturated heterocycles. The first-order valence-electron chi connectivity index (χ1n) is 11.9. The van der Waals surface area contributed by atoms with Crippen molar-refractivity contribution in [2.45, 2.75) is 44.8 Å². The number of rotatable bonds is 10. The summed E-state index contributed by atoms with van der Waals surface area (Å²) >= 11 is 2.30. The molecule has 2 atom stereocenters. The number of allylic oxidation sites excluding steroid dienone is 2. The lowest BCUT2D eigenvalue weighted by atomic mass is 9.85. The van der Waals surface area contributed by atoms with Crippen molar-refractivity contribution in [3.63, 3.8) is 0 Å². The van der Waals surface area contributed by atoms with Crippen molar-refractivity contribution < 1.29 is 19.3 Å². The molecule has 7 heteroatoms. The topological polar surface area (TPSA) is 51.2 Å². The van der Waals surface area contributed by atoms with Gasteiger partial charge in [0, 0.05) is 18.7 Å². The summed E-state index contributed by atoms with van der Waals surface area (Å²) < 4.78 is 18.5. The number of aliphatic hydroxyl groups is 1. The fraction of sp³-hybridized carbons (Fsp3) is 0.538. The van der Waals surface area contributed by atoms with Crippen LogP contribution >= 0.6 is 30.1 Å². The minimum absolute atomic E-state index is 0.130. The van der Waals surface area contributed by atoms with Gasteiger partial charge in [0.05, 0.1) is 25.1 Å². The van der Waals surface area contributed by atoms with Crippen LogP contribution in [0.15, 0.2) is 58.9 Å². The molecule has 2 unspecified atom stereocenters. The number of benzene rings is 1. The summed E-state index contributed by atoms with van der Waals surface area (Å²) in [5, 5.41) is 10.0. The summed E-state index contributed by atoms with van der Waals surface area (Å²) in [6.45, 7) is 7.49. The fourth-order valence-electron chi connectivity index (χ4n) is 4.73. The Morgan fingerprint density at radius 1 is 1.12 bits per heavy atom. The van der Waals surface area contributed by atoms with Gasteiger partial charge in [-0.2, -0.15) is 0 Å². The summed E-state index contributed by atoms with van der Waals surface area (Å²) in [6.07, 6.45) is 7.91. The van der Waals surface area contributed by atoms with Crippen LogP contribution in [0.4, 0.5) is 0 Å². The fourth-order valence-corrected chi connectivity index (χ4v) is 5.45. The molecule has 3 aliphatic rings. The highest BCUT2D eigenvalue weighted by atomic mass is 127. The lowest BCUT2D eigenvalue weighted by Gasteiger charge is -2.37. The summed E-state index contributed by atoms with van der Waals surface area (Å²) in [5.41, 5.74) is 4.60. The molecule has 1 fully saturated rings. The van der Waals surface area contributed by atoms with E-state index in [9.17, 15) is 5.11 Å². The first-order chi connectivity index (χ1) is 16.2. The number of nitrogens with zero attached hydrogens (tertiary/aromatic N) is 1. The van der Waals surface area contributed by atoms with E-state index in [2.05, 4.69) is 45.2 Å². The maximum Gasteiger partial charge on any atom is 0.119 e. The van der Waals surface area contributed by atoms with E-state index in [-0.39, 0.29) is 12.2 Å². The Bertz CT molecular complexity index is 877. The SMILES string of the molecule is CC1=C(COCCSI)C(c2ccc(OCCN3CCCCC3)cc2)OC2CC(O)=CC=C12. The average Bonchev–Trinajstić information content (AvgIpc) is 2.84. The number of aliphatic hydroxyl groups excluding tert-OH is 1. The van der Waals surface area contributed by atoms with Crippen LogP contribution in [0, 0.1) is 0 Å². The molecule has 0 bridgehead atoms. The van der Waals surface area contributed by atoms with Gasteiger partial charge in [0.15, 0.2) is 0 Å². The summed E-state index contributed by atoms with van der Waals surface area (Å²) in [7, 11) is 1.76. The van der Waals surface area contributed by atoms with Gasteiger partial charge in [0.1, 0.15) is 18.5 Å². The van der Waals surface area contributed by atoms with Crippen LogP contribution < -0.4 is 4.74 Å². The standard InChI is InChI=1S/C26H34INO4S/c1-19-23-10-7-21(29)17-25(23)32-26(24(19)18-30-15-16-33-27)20-5-8-22(9-6-20)31-14-13-28-11-3-2-4-12-28/h5-10,25-26,29H,2-4,11-18H2,1H3. The normalized spacial score (nSPS) is 23.7. The molecule has 4 rings (SSSR count). The van der Waals surface area contributed by atoms with Crippen LogP contribution in [-0.2, 0) is 9.47 Å². The molecule has 0 saturated carbocycles. The number of piperidine rings is 1. The van der Waals surface area contributed by atoms with Crippen molar-refractivity contribution in [2.75, 3.05) is 45.2 Å². The maximum atomic E-state index is 10.0. The molecule has 5 nitrogen and oxygen atoms in total. The Morgan fingerprint density at radius 3 is 2.67 bits per heavy atom. The Balaban J connectivity index is 1.44. The molecule has 0 spiro atoms. The van der Waals surface area contributed by atoms with E-state index in [1.807, 2.05) is 18.2 Å². The van der Waals surface area contributed by atoms with Crippen LogP contribution in [0.25, 0.3) is 0 Å².